The van der Waals surface area contributed by atoms with E-state index in [1.807, 2.05) is 38.6 Å². The van der Waals surface area contributed by atoms with Crippen LogP contribution in [0.1, 0.15) is 67.9 Å². The molecule has 7 heteroatoms. The van der Waals surface area contributed by atoms with Crippen molar-refractivity contribution in [2.75, 3.05) is 20.8 Å². The molecule has 1 rings (SSSR count). The van der Waals surface area contributed by atoms with E-state index < -0.39 is 11.7 Å². The van der Waals surface area contributed by atoms with Crippen LogP contribution in [0.2, 0.25) is 0 Å². The second kappa shape index (κ2) is 10.4. The Hall–Kier alpha value is -1.21. The average Bonchev–Trinajstić information content (AvgIpc) is 2.53. The van der Waals surface area contributed by atoms with Crippen LogP contribution in [0.3, 0.4) is 0 Å². The molecular formula is C23H39NO4S2. The van der Waals surface area contributed by atoms with E-state index >= 15 is 0 Å². The molecule has 30 heavy (non-hydrogen) atoms. The Morgan fingerprint density at radius 2 is 1.43 bits per heavy atom. The van der Waals surface area contributed by atoms with E-state index in [0.29, 0.717) is 18.7 Å². The van der Waals surface area contributed by atoms with Crippen molar-refractivity contribution >= 4 is 29.6 Å². The number of hydrogen-bond donors (Lipinski definition) is 1. The van der Waals surface area contributed by atoms with Crippen molar-refractivity contribution in [3.63, 3.8) is 0 Å². The molecule has 0 aliphatic heterocycles. The van der Waals surface area contributed by atoms with Crippen LogP contribution in [0.5, 0.6) is 11.5 Å². The Bertz CT molecular complexity index is 729. The SMILES string of the molecule is COc1cc(CCNC(=O)OC(C)(C)C)c(SC(C)(C)C)c(SC(C)(C)C)c1OC. The van der Waals surface area contributed by atoms with Crippen molar-refractivity contribution in [2.45, 2.75) is 93.6 Å². The third kappa shape index (κ3) is 9.29. The van der Waals surface area contributed by atoms with Gasteiger partial charge in [0.1, 0.15) is 5.60 Å². The average molecular weight is 458 g/mol. The Morgan fingerprint density at radius 1 is 0.900 bits per heavy atom. The van der Waals surface area contributed by atoms with Crippen LogP contribution in [-0.2, 0) is 11.2 Å². The highest BCUT2D eigenvalue weighted by Gasteiger charge is 2.27. The summed E-state index contributed by atoms with van der Waals surface area (Å²) in [6.45, 7) is 19.2. The molecule has 0 aliphatic carbocycles. The second-order valence-electron chi connectivity index (χ2n) is 10.0. The standard InChI is InChI=1S/C23H39NO4S2/c1-21(2,3)28-20(25)24-13-12-15-14-16(26-10)17(27-11)19(30-23(7,8)9)18(15)29-22(4,5)6/h14H,12-13H2,1-11H3,(H,24,25). The van der Waals surface area contributed by atoms with E-state index in [2.05, 4.69) is 46.9 Å². The molecule has 0 radical (unpaired) electrons. The highest BCUT2D eigenvalue weighted by molar-refractivity contribution is 8.03. The first-order valence-electron chi connectivity index (χ1n) is 10.2. The van der Waals surface area contributed by atoms with Gasteiger partial charge in [-0.05, 0) is 38.8 Å². The number of benzene rings is 1. The molecule has 0 bridgehead atoms. The lowest BCUT2D eigenvalue weighted by molar-refractivity contribution is 0.0528. The summed E-state index contributed by atoms with van der Waals surface area (Å²) in [6.07, 6.45) is 0.257. The molecule has 0 fully saturated rings. The summed E-state index contributed by atoms with van der Waals surface area (Å²) in [4.78, 5) is 14.3. The molecular weight excluding hydrogens is 418 g/mol. The molecule has 1 aromatic carbocycles. The van der Waals surface area contributed by atoms with Gasteiger partial charge in [-0.15, -0.1) is 23.5 Å². The Balaban J connectivity index is 3.34. The van der Waals surface area contributed by atoms with Crippen molar-refractivity contribution in [1.29, 1.82) is 0 Å². The van der Waals surface area contributed by atoms with Gasteiger partial charge in [0.2, 0.25) is 0 Å². The lowest BCUT2D eigenvalue weighted by Gasteiger charge is -2.28. The third-order valence-electron chi connectivity index (χ3n) is 3.54. The van der Waals surface area contributed by atoms with Gasteiger partial charge in [0.25, 0.3) is 0 Å². The first-order chi connectivity index (χ1) is 13.6. The van der Waals surface area contributed by atoms with Crippen LogP contribution in [0, 0.1) is 0 Å². The minimum atomic E-state index is -0.517. The zero-order valence-corrected chi connectivity index (χ0v) is 22.1. The quantitative estimate of drug-likeness (QED) is 0.468. The van der Waals surface area contributed by atoms with Crippen LogP contribution >= 0.6 is 23.5 Å². The number of rotatable bonds is 7. The first-order valence-corrected chi connectivity index (χ1v) is 11.8. The van der Waals surface area contributed by atoms with E-state index in [4.69, 9.17) is 14.2 Å². The maximum atomic E-state index is 12.1. The maximum absolute atomic E-state index is 12.1. The smallest absolute Gasteiger partial charge is 0.407 e. The highest BCUT2D eigenvalue weighted by atomic mass is 32.2. The molecule has 0 unspecified atom stereocenters. The van der Waals surface area contributed by atoms with E-state index in [-0.39, 0.29) is 9.49 Å². The summed E-state index contributed by atoms with van der Waals surface area (Å²) in [5.41, 5.74) is 0.604. The van der Waals surface area contributed by atoms with Crippen LogP contribution in [0.15, 0.2) is 15.9 Å². The monoisotopic (exact) mass is 457 g/mol. The third-order valence-corrected chi connectivity index (χ3v) is 6.15. The summed E-state index contributed by atoms with van der Waals surface area (Å²) in [5, 5.41) is 2.86. The van der Waals surface area contributed by atoms with Gasteiger partial charge in [0, 0.05) is 20.9 Å². The van der Waals surface area contributed by atoms with Crippen molar-refractivity contribution in [3.05, 3.63) is 11.6 Å². The molecule has 172 valence electrons. The van der Waals surface area contributed by atoms with Gasteiger partial charge in [0.15, 0.2) is 11.5 Å². The molecule has 0 saturated carbocycles. The van der Waals surface area contributed by atoms with Gasteiger partial charge in [0.05, 0.1) is 19.1 Å². The normalized spacial score (nSPS) is 12.5. The van der Waals surface area contributed by atoms with Crippen molar-refractivity contribution in [3.8, 4) is 11.5 Å². The fourth-order valence-electron chi connectivity index (χ4n) is 2.61. The molecule has 0 heterocycles. The lowest BCUT2D eigenvalue weighted by Crippen LogP contribution is -2.33. The maximum Gasteiger partial charge on any atom is 0.407 e. The zero-order valence-electron chi connectivity index (χ0n) is 20.4. The van der Waals surface area contributed by atoms with E-state index in [1.54, 1.807) is 26.0 Å². The molecule has 0 atom stereocenters. The van der Waals surface area contributed by atoms with Crippen molar-refractivity contribution in [2.24, 2.45) is 0 Å². The van der Waals surface area contributed by atoms with Gasteiger partial charge < -0.3 is 19.5 Å². The predicted octanol–water partition coefficient (Wildman–Crippen LogP) is 6.55. The summed E-state index contributed by atoms with van der Waals surface area (Å²) in [5.74, 6) is 1.46. The highest BCUT2D eigenvalue weighted by Crippen LogP contribution is 2.51. The van der Waals surface area contributed by atoms with Crippen molar-refractivity contribution < 1.29 is 19.0 Å². The van der Waals surface area contributed by atoms with E-state index in [0.717, 1.165) is 16.2 Å². The fourth-order valence-corrected chi connectivity index (χ4v) is 5.06. The molecule has 0 saturated heterocycles. The number of amides is 1. The van der Waals surface area contributed by atoms with E-state index in [1.165, 1.54) is 4.90 Å². The number of alkyl carbamates (subject to hydrolysis) is 1. The molecule has 5 nitrogen and oxygen atoms in total. The van der Waals surface area contributed by atoms with Crippen LogP contribution in [0.4, 0.5) is 4.79 Å². The van der Waals surface area contributed by atoms with Crippen molar-refractivity contribution in [1.82, 2.24) is 5.32 Å². The minimum Gasteiger partial charge on any atom is -0.493 e. The fraction of sp³-hybridized carbons (Fsp3) is 0.696. The van der Waals surface area contributed by atoms with E-state index in [9.17, 15) is 4.79 Å². The number of carbonyl (C=O) groups excluding carboxylic acids is 1. The number of thioether (sulfide) groups is 2. The number of hydrogen-bond acceptors (Lipinski definition) is 6. The summed E-state index contributed by atoms with van der Waals surface area (Å²) in [7, 11) is 3.34. The summed E-state index contributed by atoms with van der Waals surface area (Å²) in [6, 6.07) is 2.02. The topological polar surface area (TPSA) is 56.8 Å². The van der Waals surface area contributed by atoms with Gasteiger partial charge in [-0.25, -0.2) is 4.79 Å². The number of ether oxygens (including phenoxy) is 3. The van der Waals surface area contributed by atoms with Gasteiger partial charge in [-0.2, -0.15) is 0 Å². The van der Waals surface area contributed by atoms with Gasteiger partial charge >= 0.3 is 6.09 Å². The minimum absolute atomic E-state index is 0.00112. The lowest BCUT2D eigenvalue weighted by atomic mass is 10.1. The molecule has 0 aromatic heterocycles. The van der Waals surface area contributed by atoms with Gasteiger partial charge in [-0.1, -0.05) is 41.5 Å². The Kier molecular flexibility index (Phi) is 9.30. The summed E-state index contributed by atoms with van der Waals surface area (Å²) >= 11 is 3.58. The second-order valence-corrected chi connectivity index (χ2v) is 13.7. The molecule has 1 N–H and O–H groups in total. The molecule has 1 amide bonds. The predicted molar refractivity (Wildman–Crippen MR) is 129 cm³/mol. The zero-order chi connectivity index (χ0) is 23.3. The molecule has 0 spiro atoms. The van der Waals surface area contributed by atoms with Crippen LogP contribution < -0.4 is 14.8 Å². The number of methoxy groups -OCH3 is 2. The van der Waals surface area contributed by atoms with Crippen LogP contribution in [-0.4, -0.2) is 42.0 Å². The first kappa shape index (κ1) is 26.8. The Morgan fingerprint density at radius 3 is 1.87 bits per heavy atom. The molecule has 0 aliphatic rings. The van der Waals surface area contributed by atoms with Crippen LogP contribution in [0.25, 0.3) is 0 Å². The Labute approximate surface area is 191 Å². The number of carbonyl (C=O) groups is 1. The van der Waals surface area contributed by atoms with Gasteiger partial charge in [-0.3, -0.25) is 0 Å². The number of nitrogens with one attached hydrogen (secondary N) is 1. The summed E-state index contributed by atoms with van der Waals surface area (Å²) < 4.78 is 16.8. The molecule has 1 aromatic rings. The largest absolute Gasteiger partial charge is 0.493 e.